The van der Waals surface area contributed by atoms with Gasteiger partial charge in [-0.05, 0) is 42.5 Å². The Kier molecular flexibility index (Phi) is 7.26. The maximum atomic E-state index is 11.9. The van der Waals surface area contributed by atoms with E-state index in [1.54, 1.807) is 23.6 Å². The van der Waals surface area contributed by atoms with Gasteiger partial charge < -0.3 is 10.1 Å². The van der Waals surface area contributed by atoms with Crippen molar-refractivity contribution >= 4 is 45.0 Å². The molecule has 150 valence electrons. The number of rotatable bonds is 7. The first-order chi connectivity index (χ1) is 13.2. The van der Waals surface area contributed by atoms with Crippen LogP contribution < -0.4 is 15.4 Å². The van der Waals surface area contributed by atoms with E-state index in [-0.39, 0.29) is 4.21 Å². The third-order valence-corrected chi connectivity index (χ3v) is 6.44. The number of nitrogens with one attached hydrogen (secondary N) is 3. The summed E-state index contributed by atoms with van der Waals surface area (Å²) in [5.41, 5.74) is 2.38. The van der Waals surface area contributed by atoms with Gasteiger partial charge in [0.05, 0.1) is 0 Å². The van der Waals surface area contributed by atoms with Gasteiger partial charge >= 0.3 is 12.0 Å². The van der Waals surface area contributed by atoms with Gasteiger partial charge in [-0.1, -0.05) is 18.2 Å². The maximum absolute atomic E-state index is 11.9. The Morgan fingerprint density at radius 3 is 2.54 bits per heavy atom. The number of urea groups is 1. The van der Waals surface area contributed by atoms with Crippen molar-refractivity contribution in [1.82, 2.24) is 10.0 Å². The number of ether oxygens (including phenoxy) is 1. The van der Waals surface area contributed by atoms with Crippen molar-refractivity contribution in [3.8, 4) is 0 Å². The highest BCUT2D eigenvalue weighted by Crippen LogP contribution is 2.17. The number of imide groups is 1. The van der Waals surface area contributed by atoms with Gasteiger partial charge in [-0.25, -0.2) is 13.2 Å². The molecule has 3 N–H and O–H groups in total. The Hall–Kier alpha value is -2.76. The molecule has 0 saturated carbocycles. The summed E-state index contributed by atoms with van der Waals surface area (Å²) < 4.78 is 30.5. The summed E-state index contributed by atoms with van der Waals surface area (Å²) in [6, 6.07) is 7.51. The van der Waals surface area contributed by atoms with Crippen LogP contribution in [0, 0.1) is 13.8 Å². The topological polar surface area (TPSA) is 131 Å². The fourth-order valence-corrected chi connectivity index (χ4v) is 4.05. The first kappa shape index (κ1) is 21.5. The number of hydrogen-bond donors (Lipinski definition) is 3. The molecule has 0 radical (unpaired) electrons. The van der Waals surface area contributed by atoms with Gasteiger partial charge in [-0.15, -0.1) is 11.3 Å². The number of carbonyl (C=O) groups excluding carboxylic acids is 3. The maximum Gasteiger partial charge on any atom is 0.325 e. The number of esters is 1. The van der Waals surface area contributed by atoms with E-state index in [0.29, 0.717) is 5.69 Å². The van der Waals surface area contributed by atoms with Crippen LogP contribution in [0.4, 0.5) is 10.5 Å². The molecule has 0 aliphatic rings. The highest BCUT2D eigenvalue weighted by Gasteiger charge is 2.18. The zero-order chi connectivity index (χ0) is 20.7. The molecule has 0 bridgehead atoms. The summed E-state index contributed by atoms with van der Waals surface area (Å²) in [6.45, 7) is 2.35. The second-order valence-corrected chi connectivity index (χ2v) is 8.61. The second kappa shape index (κ2) is 9.44. The molecule has 2 rings (SSSR count). The molecule has 0 aliphatic heterocycles. The van der Waals surface area contributed by atoms with Crippen molar-refractivity contribution in [2.45, 2.75) is 18.1 Å². The largest absolute Gasteiger partial charge is 0.455 e. The van der Waals surface area contributed by atoms with E-state index < -0.39 is 41.1 Å². The number of thiophene rings is 1. The van der Waals surface area contributed by atoms with Crippen LogP contribution >= 0.6 is 11.3 Å². The second-order valence-electron chi connectivity index (χ2n) is 5.67. The lowest BCUT2D eigenvalue weighted by Gasteiger charge is -2.11. The van der Waals surface area contributed by atoms with Crippen molar-refractivity contribution in [3.05, 3.63) is 46.8 Å². The van der Waals surface area contributed by atoms with Crippen molar-refractivity contribution in [2.75, 3.05) is 18.5 Å². The highest BCUT2D eigenvalue weighted by molar-refractivity contribution is 7.91. The zero-order valence-corrected chi connectivity index (χ0v) is 16.8. The van der Waals surface area contributed by atoms with Gasteiger partial charge in [0.25, 0.3) is 15.9 Å². The van der Waals surface area contributed by atoms with Gasteiger partial charge in [-0.3, -0.25) is 14.9 Å². The average molecular weight is 425 g/mol. The molecule has 0 spiro atoms. The Bertz CT molecular complexity index is 971. The lowest BCUT2D eigenvalue weighted by atomic mass is 10.1. The highest BCUT2D eigenvalue weighted by atomic mass is 32.2. The number of sulfonamides is 1. The molecule has 28 heavy (non-hydrogen) atoms. The summed E-state index contributed by atoms with van der Waals surface area (Å²) in [4.78, 5) is 35.1. The van der Waals surface area contributed by atoms with E-state index in [4.69, 9.17) is 0 Å². The SMILES string of the molecule is Cc1cccc(NC(=O)NC(=O)COC(=O)CNS(=O)(=O)c2cccs2)c1C. The fourth-order valence-electron chi connectivity index (χ4n) is 2.04. The van der Waals surface area contributed by atoms with Crippen LogP contribution in [-0.4, -0.2) is 39.5 Å². The van der Waals surface area contributed by atoms with Crippen LogP contribution in [0.3, 0.4) is 0 Å². The van der Waals surface area contributed by atoms with E-state index in [9.17, 15) is 22.8 Å². The standard InChI is InChI=1S/C17H19N3O6S2/c1-11-5-3-6-13(12(11)2)19-17(23)20-14(21)10-26-15(22)9-18-28(24,25)16-7-4-8-27-16/h3-8,18H,9-10H2,1-2H3,(H2,19,20,21,23). The third-order valence-electron chi connectivity index (χ3n) is 3.64. The van der Waals surface area contributed by atoms with Crippen LogP contribution in [0.25, 0.3) is 0 Å². The first-order valence-corrected chi connectivity index (χ1v) is 10.4. The molecule has 3 amide bonds. The molecular weight excluding hydrogens is 406 g/mol. The number of anilines is 1. The molecule has 0 unspecified atom stereocenters. The van der Waals surface area contributed by atoms with Gasteiger partial charge in [0.2, 0.25) is 0 Å². The zero-order valence-electron chi connectivity index (χ0n) is 15.1. The van der Waals surface area contributed by atoms with E-state index >= 15 is 0 Å². The molecule has 1 heterocycles. The van der Waals surface area contributed by atoms with Crippen LogP contribution in [-0.2, 0) is 24.3 Å². The van der Waals surface area contributed by atoms with Crippen molar-refractivity contribution in [2.24, 2.45) is 0 Å². The van der Waals surface area contributed by atoms with Crippen molar-refractivity contribution < 1.29 is 27.5 Å². The number of carbonyl (C=O) groups is 3. The molecular formula is C17H19N3O6S2. The predicted octanol–water partition coefficient (Wildman–Crippen LogP) is 1.53. The van der Waals surface area contributed by atoms with E-state index in [1.807, 2.05) is 25.2 Å². The van der Waals surface area contributed by atoms with E-state index in [1.165, 1.54) is 6.07 Å². The number of benzene rings is 1. The van der Waals surface area contributed by atoms with Crippen molar-refractivity contribution in [3.63, 3.8) is 0 Å². The lowest BCUT2D eigenvalue weighted by molar-refractivity contribution is -0.147. The molecule has 1 aromatic carbocycles. The van der Waals surface area contributed by atoms with Crippen molar-refractivity contribution in [1.29, 1.82) is 0 Å². The number of amides is 3. The predicted molar refractivity (Wildman–Crippen MR) is 104 cm³/mol. The minimum Gasteiger partial charge on any atom is -0.455 e. The van der Waals surface area contributed by atoms with Gasteiger partial charge in [0.1, 0.15) is 10.8 Å². The van der Waals surface area contributed by atoms with Gasteiger partial charge in [0.15, 0.2) is 6.61 Å². The van der Waals surface area contributed by atoms with E-state index in [2.05, 4.69) is 14.8 Å². The fraction of sp³-hybridized carbons (Fsp3) is 0.235. The summed E-state index contributed by atoms with van der Waals surface area (Å²) in [7, 11) is -3.81. The molecule has 0 aliphatic carbocycles. The van der Waals surface area contributed by atoms with Crippen LogP contribution in [0.1, 0.15) is 11.1 Å². The minimum absolute atomic E-state index is 0.0566. The van der Waals surface area contributed by atoms with Crippen LogP contribution in [0.15, 0.2) is 39.9 Å². The molecule has 2 aromatic rings. The Morgan fingerprint density at radius 2 is 1.86 bits per heavy atom. The molecule has 11 heteroatoms. The summed E-state index contributed by atoms with van der Waals surface area (Å²) in [5, 5.41) is 6.13. The Morgan fingerprint density at radius 1 is 1.11 bits per heavy atom. The van der Waals surface area contributed by atoms with Crippen LogP contribution in [0.5, 0.6) is 0 Å². The normalized spacial score (nSPS) is 10.9. The molecule has 0 saturated heterocycles. The molecule has 1 aromatic heterocycles. The smallest absolute Gasteiger partial charge is 0.325 e. The average Bonchev–Trinajstić information content (AvgIpc) is 3.18. The molecule has 0 fully saturated rings. The van der Waals surface area contributed by atoms with Gasteiger partial charge in [0, 0.05) is 5.69 Å². The Balaban J connectivity index is 1.75. The third kappa shape index (κ3) is 6.15. The number of aryl methyl sites for hydroxylation is 1. The number of hydrogen-bond acceptors (Lipinski definition) is 7. The van der Waals surface area contributed by atoms with Gasteiger partial charge in [-0.2, -0.15) is 4.72 Å². The summed E-state index contributed by atoms with van der Waals surface area (Å²) in [6.07, 6.45) is 0. The first-order valence-electron chi connectivity index (χ1n) is 8.05. The molecule has 9 nitrogen and oxygen atoms in total. The minimum atomic E-state index is -3.81. The quantitative estimate of drug-likeness (QED) is 0.577. The monoisotopic (exact) mass is 425 g/mol. The lowest BCUT2D eigenvalue weighted by Crippen LogP contribution is -2.38. The summed E-state index contributed by atoms with van der Waals surface area (Å²) >= 11 is 0.998. The summed E-state index contributed by atoms with van der Waals surface area (Å²) in [5.74, 6) is -1.80. The Labute approximate surface area is 166 Å². The molecule has 0 atom stereocenters. The van der Waals surface area contributed by atoms with E-state index in [0.717, 1.165) is 22.5 Å². The van der Waals surface area contributed by atoms with Crippen LogP contribution in [0.2, 0.25) is 0 Å².